The monoisotopic (exact) mass is 407 g/mol. The third-order valence-corrected chi connectivity index (χ3v) is 6.18. The lowest BCUT2D eigenvalue weighted by molar-refractivity contribution is -0.120. The topological polar surface area (TPSA) is 102 Å². The van der Waals surface area contributed by atoms with Gasteiger partial charge in [0.05, 0.1) is 30.1 Å². The number of sulfonamides is 1. The van der Waals surface area contributed by atoms with Crippen molar-refractivity contribution < 1.29 is 22.4 Å². The molecule has 1 aromatic heterocycles. The van der Waals surface area contributed by atoms with Gasteiger partial charge in [-0.1, -0.05) is 18.2 Å². The minimum Gasteiger partial charge on any atom is -0.444 e. The van der Waals surface area contributed by atoms with Crippen LogP contribution in [-0.4, -0.2) is 61.2 Å². The second kappa shape index (κ2) is 8.85. The van der Waals surface area contributed by atoms with Crippen LogP contribution in [0.3, 0.4) is 0 Å². The van der Waals surface area contributed by atoms with Crippen molar-refractivity contribution in [2.24, 2.45) is 0 Å². The van der Waals surface area contributed by atoms with E-state index in [9.17, 15) is 13.2 Å². The molecule has 1 aromatic carbocycles. The summed E-state index contributed by atoms with van der Waals surface area (Å²) < 4.78 is 37.3. The highest BCUT2D eigenvalue weighted by molar-refractivity contribution is 7.89. The van der Waals surface area contributed by atoms with E-state index in [1.54, 1.807) is 0 Å². The van der Waals surface area contributed by atoms with Crippen LogP contribution in [0.25, 0.3) is 11.5 Å². The van der Waals surface area contributed by atoms with E-state index < -0.39 is 10.0 Å². The number of oxazole rings is 1. The Morgan fingerprint density at radius 2 is 1.89 bits per heavy atom. The second-order valence-electron chi connectivity index (χ2n) is 6.93. The zero-order valence-corrected chi connectivity index (χ0v) is 16.8. The number of carbonyl (C=O) groups excluding carboxylic acids is 1. The third-order valence-electron chi connectivity index (χ3n) is 4.38. The number of morpholine rings is 1. The molecule has 28 heavy (non-hydrogen) atoms. The number of aromatic nitrogens is 1. The molecule has 2 unspecified atom stereocenters. The summed E-state index contributed by atoms with van der Waals surface area (Å²) in [5.41, 5.74) is 1.32. The van der Waals surface area contributed by atoms with Crippen LogP contribution in [0.4, 0.5) is 0 Å². The van der Waals surface area contributed by atoms with Crippen LogP contribution >= 0.6 is 0 Å². The van der Waals surface area contributed by atoms with E-state index in [2.05, 4.69) is 10.3 Å². The number of carbonyl (C=O) groups is 1. The van der Waals surface area contributed by atoms with Crippen molar-refractivity contribution in [2.45, 2.75) is 32.5 Å². The van der Waals surface area contributed by atoms with Crippen LogP contribution in [0.2, 0.25) is 0 Å². The van der Waals surface area contributed by atoms with E-state index >= 15 is 0 Å². The van der Waals surface area contributed by atoms with E-state index in [4.69, 9.17) is 9.15 Å². The first-order valence-electron chi connectivity index (χ1n) is 9.23. The van der Waals surface area contributed by atoms with Gasteiger partial charge in [0, 0.05) is 25.2 Å². The summed E-state index contributed by atoms with van der Waals surface area (Å²) in [7, 11) is -3.45. The first-order chi connectivity index (χ1) is 13.3. The van der Waals surface area contributed by atoms with Gasteiger partial charge in [0.15, 0.2) is 0 Å². The molecule has 1 aliphatic rings. The molecule has 0 radical (unpaired) electrons. The summed E-state index contributed by atoms with van der Waals surface area (Å²) in [5.74, 6) is 0.0000631. The Hall–Kier alpha value is -2.23. The largest absolute Gasteiger partial charge is 0.444 e. The minimum absolute atomic E-state index is 0.0298. The van der Waals surface area contributed by atoms with Crippen LogP contribution < -0.4 is 5.32 Å². The smallest absolute Gasteiger partial charge is 0.226 e. The van der Waals surface area contributed by atoms with Crippen molar-refractivity contribution in [1.82, 2.24) is 14.6 Å². The molecule has 3 rings (SSSR count). The lowest BCUT2D eigenvalue weighted by Gasteiger charge is -2.34. The van der Waals surface area contributed by atoms with Crippen molar-refractivity contribution in [2.75, 3.05) is 25.4 Å². The average Bonchev–Trinajstić information content (AvgIpc) is 3.10. The van der Waals surface area contributed by atoms with Crippen LogP contribution in [0.1, 0.15) is 19.5 Å². The maximum absolute atomic E-state index is 12.5. The Balaban J connectivity index is 1.47. The molecule has 8 nitrogen and oxygen atoms in total. The van der Waals surface area contributed by atoms with Gasteiger partial charge in [0.2, 0.25) is 21.8 Å². The van der Waals surface area contributed by atoms with E-state index in [1.165, 1.54) is 10.6 Å². The van der Waals surface area contributed by atoms with Crippen molar-refractivity contribution in [3.05, 3.63) is 42.3 Å². The molecule has 0 bridgehead atoms. The summed E-state index contributed by atoms with van der Waals surface area (Å²) in [6.07, 6.45) is 1.19. The average molecular weight is 407 g/mol. The number of nitrogens with zero attached hydrogens (tertiary/aromatic N) is 2. The van der Waals surface area contributed by atoms with Gasteiger partial charge in [-0.2, -0.15) is 4.31 Å². The molecular formula is C19H25N3O5S. The zero-order chi connectivity index (χ0) is 20.1. The molecular weight excluding hydrogens is 382 g/mol. The first kappa shape index (κ1) is 20.5. The van der Waals surface area contributed by atoms with E-state index in [0.29, 0.717) is 24.7 Å². The number of benzene rings is 1. The summed E-state index contributed by atoms with van der Waals surface area (Å²) in [6, 6.07) is 9.39. The number of hydrogen-bond donors (Lipinski definition) is 1. The van der Waals surface area contributed by atoms with Crippen molar-refractivity contribution in [1.29, 1.82) is 0 Å². The summed E-state index contributed by atoms with van der Waals surface area (Å²) in [4.78, 5) is 16.4. The molecule has 1 amide bonds. The number of nitrogens with one attached hydrogen (secondary N) is 1. The van der Waals surface area contributed by atoms with Gasteiger partial charge in [-0.15, -0.1) is 0 Å². The summed E-state index contributed by atoms with van der Waals surface area (Å²) >= 11 is 0. The van der Waals surface area contributed by atoms with Crippen molar-refractivity contribution in [3.63, 3.8) is 0 Å². The van der Waals surface area contributed by atoms with Crippen LogP contribution in [-0.2, 0) is 26.0 Å². The lowest BCUT2D eigenvalue weighted by atomic mass is 10.2. The predicted octanol–water partition coefficient (Wildman–Crippen LogP) is 1.44. The highest BCUT2D eigenvalue weighted by atomic mass is 32.2. The van der Waals surface area contributed by atoms with Gasteiger partial charge in [0.25, 0.3) is 0 Å². The van der Waals surface area contributed by atoms with Crippen molar-refractivity contribution in [3.8, 4) is 11.5 Å². The van der Waals surface area contributed by atoms with Crippen LogP contribution in [0.5, 0.6) is 0 Å². The van der Waals surface area contributed by atoms with Crippen LogP contribution in [0, 0.1) is 0 Å². The SMILES string of the molecule is CC1CN(S(=O)(=O)CCNC(=O)Cc2coc(-c3ccccc3)n2)CC(C)O1. The highest BCUT2D eigenvalue weighted by Gasteiger charge is 2.30. The molecule has 2 heterocycles. The quantitative estimate of drug-likeness (QED) is 0.745. The van der Waals surface area contributed by atoms with Gasteiger partial charge >= 0.3 is 0 Å². The molecule has 0 saturated carbocycles. The van der Waals surface area contributed by atoms with Gasteiger partial charge in [-0.25, -0.2) is 13.4 Å². The molecule has 1 fully saturated rings. The lowest BCUT2D eigenvalue weighted by Crippen LogP contribution is -2.49. The Bertz CT molecular complexity index is 887. The van der Waals surface area contributed by atoms with Crippen molar-refractivity contribution >= 4 is 15.9 Å². The van der Waals surface area contributed by atoms with Gasteiger partial charge in [-0.05, 0) is 26.0 Å². The highest BCUT2D eigenvalue weighted by Crippen LogP contribution is 2.18. The summed E-state index contributed by atoms with van der Waals surface area (Å²) in [5, 5.41) is 2.64. The molecule has 0 aliphatic carbocycles. The molecule has 1 N–H and O–H groups in total. The zero-order valence-electron chi connectivity index (χ0n) is 16.0. The number of ether oxygens (including phenoxy) is 1. The normalized spacial score (nSPS) is 20.8. The van der Waals surface area contributed by atoms with Gasteiger partial charge in [-0.3, -0.25) is 4.79 Å². The molecule has 152 valence electrons. The second-order valence-corrected chi connectivity index (χ2v) is 9.02. The van der Waals surface area contributed by atoms with E-state index in [-0.39, 0.29) is 36.8 Å². The Morgan fingerprint density at radius 1 is 1.21 bits per heavy atom. The fraction of sp³-hybridized carbons (Fsp3) is 0.474. The van der Waals surface area contributed by atoms with E-state index in [0.717, 1.165) is 5.56 Å². The fourth-order valence-corrected chi connectivity index (χ4v) is 4.63. The molecule has 0 spiro atoms. The number of rotatable bonds is 7. The first-order valence-corrected chi connectivity index (χ1v) is 10.8. The molecule has 1 saturated heterocycles. The molecule has 2 aromatic rings. The standard InChI is InChI=1S/C19H25N3O5S/c1-14-11-22(12-15(2)27-14)28(24,25)9-8-20-18(23)10-17-13-26-19(21-17)16-6-4-3-5-7-16/h3-7,13-15H,8-12H2,1-2H3,(H,20,23). The Morgan fingerprint density at radius 3 is 2.57 bits per heavy atom. The molecule has 9 heteroatoms. The van der Waals surface area contributed by atoms with Crippen LogP contribution in [0.15, 0.2) is 41.0 Å². The number of amides is 1. The number of hydrogen-bond acceptors (Lipinski definition) is 6. The molecule has 2 atom stereocenters. The Labute approximate surface area is 164 Å². The minimum atomic E-state index is -3.45. The van der Waals surface area contributed by atoms with Gasteiger partial charge in [0.1, 0.15) is 6.26 Å². The maximum atomic E-state index is 12.5. The van der Waals surface area contributed by atoms with Gasteiger partial charge < -0.3 is 14.5 Å². The Kier molecular flexibility index (Phi) is 6.48. The summed E-state index contributed by atoms with van der Waals surface area (Å²) in [6.45, 7) is 4.41. The third kappa shape index (κ3) is 5.40. The predicted molar refractivity (Wildman–Crippen MR) is 104 cm³/mol. The molecule has 1 aliphatic heterocycles. The maximum Gasteiger partial charge on any atom is 0.226 e. The fourth-order valence-electron chi connectivity index (χ4n) is 3.13. The van der Waals surface area contributed by atoms with E-state index in [1.807, 2.05) is 44.2 Å².